The van der Waals surface area contributed by atoms with E-state index >= 15 is 0 Å². The molecule has 0 aliphatic heterocycles. The van der Waals surface area contributed by atoms with Crippen LogP contribution >= 0.6 is 24.0 Å². The van der Waals surface area contributed by atoms with Gasteiger partial charge in [0.1, 0.15) is 0 Å². The van der Waals surface area contributed by atoms with E-state index in [0.717, 1.165) is 25.5 Å². The van der Waals surface area contributed by atoms with E-state index in [-0.39, 0.29) is 24.0 Å². The number of halogens is 1. The Kier molecular flexibility index (Phi) is 7.20. The molecular formula is C15H24IN3. The van der Waals surface area contributed by atoms with Gasteiger partial charge >= 0.3 is 0 Å². The van der Waals surface area contributed by atoms with E-state index in [4.69, 9.17) is 0 Å². The van der Waals surface area contributed by atoms with Crippen molar-refractivity contribution >= 4 is 29.9 Å². The summed E-state index contributed by atoms with van der Waals surface area (Å²) in [7, 11) is 0. The fourth-order valence-corrected chi connectivity index (χ4v) is 1.96. The van der Waals surface area contributed by atoms with Crippen molar-refractivity contribution in [1.82, 2.24) is 10.6 Å². The summed E-state index contributed by atoms with van der Waals surface area (Å²) < 4.78 is 0. The highest BCUT2D eigenvalue weighted by molar-refractivity contribution is 14.0. The fraction of sp³-hybridized carbons (Fsp3) is 0.533. The van der Waals surface area contributed by atoms with Crippen molar-refractivity contribution in [3.63, 3.8) is 0 Å². The first kappa shape index (κ1) is 16.3. The Hall–Kier alpha value is -0.780. The molecule has 0 bridgehead atoms. The van der Waals surface area contributed by atoms with Crippen LogP contribution in [-0.2, 0) is 13.0 Å². The van der Waals surface area contributed by atoms with Gasteiger partial charge in [-0.15, -0.1) is 24.0 Å². The van der Waals surface area contributed by atoms with Gasteiger partial charge in [-0.3, -0.25) is 0 Å². The summed E-state index contributed by atoms with van der Waals surface area (Å²) in [5, 5.41) is 6.74. The van der Waals surface area contributed by atoms with E-state index in [2.05, 4.69) is 53.7 Å². The third-order valence-electron chi connectivity index (χ3n) is 3.17. The van der Waals surface area contributed by atoms with Crippen molar-refractivity contribution in [1.29, 1.82) is 0 Å². The summed E-state index contributed by atoms with van der Waals surface area (Å²) >= 11 is 0. The smallest absolute Gasteiger partial charge is 0.191 e. The first-order valence-electron chi connectivity index (χ1n) is 6.95. The number of benzene rings is 1. The van der Waals surface area contributed by atoms with E-state index in [1.54, 1.807) is 0 Å². The van der Waals surface area contributed by atoms with E-state index in [1.807, 2.05) is 0 Å². The zero-order valence-corrected chi connectivity index (χ0v) is 14.1. The summed E-state index contributed by atoms with van der Waals surface area (Å²) in [6.45, 7) is 5.96. The highest BCUT2D eigenvalue weighted by Crippen LogP contribution is 2.18. The minimum Gasteiger partial charge on any atom is -0.357 e. The molecule has 0 spiro atoms. The minimum absolute atomic E-state index is 0. The molecule has 2 N–H and O–H groups in total. The third kappa shape index (κ3) is 5.38. The molecule has 0 heterocycles. The van der Waals surface area contributed by atoms with Gasteiger partial charge in [0, 0.05) is 12.6 Å². The van der Waals surface area contributed by atoms with Gasteiger partial charge in [-0.1, -0.05) is 31.2 Å². The van der Waals surface area contributed by atoms with Gasteiger partial charge in [0.25, 0.3) is 0 Å². The topological polar surface area (TPSA) is 36.4 Å². The van der Waals surface area contributed by atoms with Crippen LogP contribution in [0.2, 0.25) is 0 Å². The van der Waals surface area contributed by atoms with Gasteiger partial charge in [0.15, 0.2) is 5.96 Å². The van der Waals surface area contributed by atoms with Gasteiger partial charge in [-0.25, -0.2) is 4.99 Å². The molecule has 0 aromatic heterocycles. The molecule has 1 fully saturated rings. The highest BCUT2D eigenvalue weighted by atomic mass is 127. The number of hydrogen-bond donors (Lipinski definition) is 2. The minimum atomic E-state index is 0. The zero-order valence-electron chi connectivity index (χ0n) is 11.8. The third-order valence-corrected chi connectivity index (χ3v) is 3.17. The molecule has 1 aliphatic rings. The number of aliphatic imine (C=N–C) groups is 1. The van der Waals surface area contributed by atoms with Crippen LogP contribution in [0.15, 0.2) is 29.3 Å². The Morgan fingerprint density at radius 1 is 1.21 bits per heavy atom. The Balaban J connectivity index is 0.00000180. The molecule has 4 heteroatoms. The van der Waals surface area contributed by atoms with Gasteiger partial charge in [0.2, 0.25) is 0 Å². The lowest BCUT2D eigenvalue weighted by Gasteiger charge is -2.11. The Labute approximate surface area is 133 Å². The van der Waals surface area contributed by atoms with Crippen LogP contribution in [-0.4, -0.2) is 18.5 Å². The molecule has 19 heavy (non-hydrogen) atoms. The van der Waals surface area contributed by atoms with Crippen molar-refractivity contribution in [3.8, 4) is 0 Å². The molecule has 0 saturated heterocycles. The second-order valence-electron chi connectivity index (χ2n) is 4.74. The van der Waals surface area contributed by atoms with Crippen LogP contribution in [0.3, 0.4) is 0 Å². The van der Waals surface area contributed by atoms with Crippen molar-refractivity contribution in [2.24, 2.45) is 4.99 Å². The molecule has 1 saturated carbocycles. The Morgan fingerprint density at radius 3 is 2.47 bits per heavy atom. The van der Waals surface area contributed by atoms with E-state index in [9.17, 15) is 0 Å². The predicted octanol–water partition coefficient (Wildman–Crippen LogP) is 3.08. The monoisotopic (exact) mass is 373 g/mol. The predicted molar refractivity (Wildman–Crippen MR) is 92.2 cm³/mol. The van der Waals surface area contributed by atoms with E-state index < -0.39 is 0 Å². The molecule has 1 aromatic carbocycles. The second-order valence-corrected chi connectivity index (χ2v) is 4.74. The lowest BCUT2D eigenvalue weighted by atomic mass is 10.1. The zero-order chi connectivity index (χ0) is 12.8. The first-order valence-corrected chi connectivity index (χ1v) is 6.95. The van der Waals surface area contributed by atoms with Gasteiger partial charge in [0.05, 0.1) is 6.54 Å². The lowest BCUT2D eigenvalue weighted by Crippen LogP contribution is -2.38. The number of nitrogens with zero attached hydrogens (tertiary/aromatic N) is 1. The number of aryl methyl sites for hydroxylation is 1. The Bertz CT molecular complexity index is 414. The van der Waals surface area contributed by atoms with Crippen molar-refractivity contribution in [3.05, 3.63) is 35.4 Å². The second kappa shape index (κ2) is 8.40. The van der Waals surface area contributed by atoms with Gasteiger partial charge in [-0.2, -0.15) is 0 Å². The average Bonchev–Trinajstić information content (AvgIpc) is 3.20. The summed E-state index contributed by atoms with van der Waals surface area (Å²) in [6.07, 6.45) is 3.62. The number of hydrogen-bond acceptors (Lipinski definition) is 1. The fourth-order valence-electron chi connectivity index (χ4n) is 1.96. The quantitative estimate of drug-likeness (QED) is 0.473. The van der Waals surface area contributed by atoms with Crippen LogP contribution in [0.4, 0.5) is 0 Å². The van der Waals surface area contributed by atoms with Crippen molar-refractivity contribution < 1.29 is 0 Å². The SMILES string of the molecule is CCNC(=NCc1ccccc1CC)NC1CC1.I. The van der Waals surface area contributed by atoms with Crippen LogP contribution < -0.4 is 10.6 Å². The molecule has 2 rings (SSSR count). The standard InChI is InChI=1S/C15H23N3.HI/c1-3-12-7-5-6-8-13(12)11-17-15(16-4-2)18-14-9-10-14;/h5-8,14H,3-4,9-11H2,1-2H3,(H2,16,17,18);1H. The summed E-state index contributed by atoms with van der Waals surface area (Å²) in [5.41, 5.74) is 2.72. The van der Waals surface area contributed by atoms with Crippen LogP contribution in [0.5, 0.6) is 0 Å². The molecule has 0 atom stereocenters. The van der Waals surface area contributed by atoms with Crippen molar-refractivity contribution in [2.45, 2.75) is 45.7 Å². The first-order chi connectivity index (χ1) is 8.83. The maximum Gasteiger partial charge on any atom is 0.191 e. The van der Waals surface area contributed by atoms with Crippen LogP contribution in [0.1, 0.15) is 37.8 Å². The molecule has 106 valence electrons. The largest absolute Gasteiger partial charge is 0.357 e. The highest BCUT2D eigenvalue weighted by Gasteiger charge is 2.21. The normalized spacial score (nSPS) is 14.7. The number of nitrogens with one attached hydrogen (secondary N) is 2. The average molecular weight is 373 g/mol. The van der Waals surface area contributed by atoms with E-state index in [1.165, 1.54) is 24.0 Å². The summed E-state index contributed by atoms with van der Waals surface area (Å²) in [6, 6.07) is 9.18. The van der Waals surface area contributed by atoms with Gasteiger partial charge < -0.3 is 10.6 Å². The van der Waals surface area contributed by atoms with Crippen molar-refractivity contribution in [2.75, 3.05) is 6.54 Å². The maximum atomic E-state index is 4.67. The number of rotatable bonds is 5. The molecule has 0 radical (unpaired) electrons. The lowest BCUT2D eigenvalue weighted by molar-refractivity contribution is 0.810. The van der Waals surface area contributed by atoms with Crippen LogP contribution in [0, 0.1) is 0 Å². The molecular weight excluding hydrogens is 349 g/mol. The molecule has 3 nitrogen and oxygen atoms in total. The van der Waals surface area contributed by atoms with Gasteiger partial charge in [-0.05, 0) is 37.3 Å². The maximum absolute atomic E-state index is 4.67. The Morgan fingerprint density at radius 2 is 1.89 bits per heavy atom. The molecule has 0 amide bonds. The van der Waals surface area contributed by atoms with Crippen LogP contribution in [0.25, 0.3) is 0 Å². The number of guanidine groups is 1. The molecule has 1 aliphatic carbocycles. The molecule has 1 aromatic rings. The molecule has 0 unspecified atom stereocenters. The summed E-state index contributed by atoms with van der Waals surface area (Å²) in [4.78, 5) is 4.67. The van der Waals surface area contributed by atoms with E-state index in [0.29, 0.717) is 6.04 Å². The summed E-state index contributed by atoms with van der Waals surface area (Å²) in [5.74, 6) is 0.950.